The molecule has 1 N–H and O–H groups in total. The van der Waals surface area contributed by atoms with Crippen molar-refractivity contribution in [1.82, 2.24) is 20.3 Å². The summed E-state index contributed by atoms with van der Waals surface area (Å²) in [5, 5.41) is 11.3. The molecular weight excluding hydrogens is 152 g/mol. The zero-order chi connectivity index (χ0) is 8.39. The van der Waals surface area contributed by atoms with Crippen LogP contribution >= 0.6 is 0 Å². The van der Waals surface area contributed by atoms with Gasteiger partial charge in [-0.15, -0.1) is 5.10 Å². The molecule has 2 heterocycles. The van der Waals surface area contributed by atoms with Gasteiger partial charge in [0.25, 0.3) is 0 Å². The molecule has 1 atom stereocenters. The van der Waals surface area contributed by atoms with E-state index in [1.165, 1.54) is 18.5 Å². The lowest BCUT2D eigenvalue weighted by Crippen LogP contribution is -2.17. The van der Waals surface area contributed by atoms with E-state index in [1.807, 2.05) is 10.9 Å². The van der Waals surface area contributed by atoms with Crippen LogP contribution in [0.25, 0.3) is 0 Å². The Morgan fingerprint density at radius 1 is 1.75 bits per heavy atom. The minimum absolute atomic E-state index is 0.486. The largest absolute Gasteiger partial charge is 0.309 e. The average Bonchev–Trinajstić information content (AvgIpc) is 2.74. The van der Waals surface area contributed by atoms with E-state index in [0.717, 1.165) is 13.1 Å². The number of nitrogens with zero attached hydrogens (tertiary/aromatic N) is 3. The molecule has 1 fully saturated rings. The fourth-order valence-corrected chi connectivity index (χ4v) is 1.72. The maximum atomic E-state index is 4.01. The van der Waals surface area contributed by atoms with E-state index < -0.39 is 0 Å². The van der Waals surface area contributed by atoms with E-state index in [2.05, 4.69) is 22.6 Å². The molecule has 1 unspecified atom stereocenters. The Bertz CT molecular complexity index is 249. The fourth-order valence-electron chi connectivity index (χ4n) is 1.72. The van der Waals surface area contributed by atoms with Crippen molar-refractivity contribution < 1.29 is 0 Å². The Hall–Kier alpha value is -0.900. The molecule has 0 bridgehead atoms. The molecule has 0 aromatic carbocycles. The van der Waals surface area contributed by atoms with Crippen LogP contribution in [-0.2, 0) is 6.54 Å². The van der Waals surface area contributed by atoms with Crippen molar-refractivity contribution in [2.75, 3.05) is 6.54 Å². The zero-order valence-corrected chi connectivity index (χ0v) is 7.32. The molecule has 1 aliphatic heterocycles. The second kappa shape index (κ2) is 3.23. The highest BCUT2D eigenvalue weighted by Crippen LogP contribution is 2.21. The molecule has 4 heteroatoms. The summed E-state index contributed by atoms with van der Waals surface area (Å²) in [5.74, 6) is 0. The number of hydrogen-bond donors (Lipinski definition) is 1. The Kier molecular flexibility index (Phi) is 2.08. The van der Waals surface area contributed by atoms with Crippen LogP contribution in [0.1, 0.15) is 31.5 Å². The lowest BCUT2D eigenvalue weighted by molar-refractivity contribution is 0.532. The second-order valence-corrected chi connectivity index (χ2v) is 3.12. The molecule has 1 aromatic rings. The van der Waals surface area contributed by atoms with Gasteiger partial charge >= 0.3 is 0 Å². The van der Waals surface area contributed by atoms with E-state index in [0.29, 0.717) is 6.04 Å². The number of aryl methyl sites for hydroxylation is 1. The first-order valence-electron chi connectivity index (χ1n) is 4.53. The van der Waals surface area contributed by atoms with Crippen molar-refractivity contribution >= 4 is 0 Å². The van der Waals surface area contributed by atoms with Gasteiger partial charge in [0.1, 0.15) is 0 Å². The lowest BCUT2D eigenvalue weighted by atomic mass is 10.2. The summed E-state index contributed by atoms with van der Waals surface area (Å²) >= 11 is 0. The third-order valence-corrected chi connectivity index (χ3v) is 2.36. The van der Waals surface area contributed by atoms with Crippen LogP contribution in [0.3, 0.4) is 0 Å². The number of hydrogen-bond acceptors (Lipinski definition) is 3. The van der Waals surface area contributed by atoms with Gasteiger partial charge in [0, 0.05) is 6.54 Å². The smallest absolute Gasteiger partial charge is 0.0756 e. The Balaban J connectivity index is 2.19. The average molecular weight is 166 g/mol. The summed E-state index contributed by atoms with van der Waals surface area (Å²) in [6.07, 6.45) is 4.35. The molecule has 0 saturated carbocycles. The molecule has 0 spiro atoms. The summed E-state index contributed by atoms with van der Waals surface area (Å²) in [6, 6.07) is 0.486. The first kappa shape index (κ1) is 7.73. The highest BCUT2D eigenvalue weighted by Gasteiger charge is 2.19. The Morgan fingerprint density at radius 2 is 2.67 bits per heavy atom. The maximum Gasteiger partial charge on any atom is 0.0756 e. The lowest BCUT2D eigenvalue weighted by Gasteiger charge is -2.09. The van der Waals surface area contributed by atoms with Gasteiger partial charge in [-0.1, -0.05) is 5.21 Å². The Morgan fingerprint density at radius 3 is 3.33 bits per heavy atom. The van der Waals surface area contributed by atoms with Gasteiger partial charge in [0.05, 0.1) is 17.9 Å². The maximum absolute atomic E-state index is 4.01. The van der Waals surface area contributed by atoms with E-state index in [4.69, 9.17) is 0 Å². The van der Waals surface area contributed by atoms with Crippen LogP contribution in [0.2, 0.25) is 0 Å². The number of rotatable bonds is 2. The molecule has 1 aromatic heterocycles. The molecule has 12 heavy (non-hydrogen) atoms. The van der Waals surface area contributed by atoms with Crippen LogP contribution < -0.4 is 5.32 Å². The van der Waals surface area contributed by atoms with E-state index >= 15 is 0 Å². The van der Waals surface area contributed by atoms with Gasteiger partial charge in [-0.05, 0) is 26.3 Å². The SMILES string of the molecule is CCn1nncc1C1CCCN1. The number of nitrogens with one attached hydrogen (secondary N) is 1. The van der Waals surface area contributed by atoms with Gasteiger partial charge < -0.3 is 5.32 Å². The second-order valence-electron chi connectivity index (χ2n) is 3.12. The standard InChI is InChI=1S/C8H14N4/c1-2-12-8(6-10-11-12)7-4-3-5-9-7/h6-7,9H,2-5H2,1H3. The van der Waals surface area contributed by atoms with E-state index in [9.17, 15) is 0 Å². The molecule has 0 amide bonds. The molecule has 66 valence electrons. The molecule has 4 nitrogen and oxygen atoms in total. The van der Waals surface area contributed by atoms with Gasteiger partial charge in [-0.2, -0.15) is 0 Å². The van der Waals surface area contributed by atoms with Crippen molar-refractivity contribution in [1.29, 1.82) is 0 Å². The first-order chi connectivity index (χ1) is 5.92. The normalized spacial score (nSPS) is 23.2. The van der Waals surface area contributed by atoms with Crippen LogP contribution in [0, 0.1) is 0 Å². The minimum atomic E-state index is 0.486. The summed E-state index contributed by atoms with van der Waals surface area (Å²) in [6.45, 7) is 4.13. The molecule has 0 aliphatic carbocycles. The predicted molar refractivity (Wildman–Crippen MR) is 45.7 cm³/mol. The summed E-state index contributed by atoms with van der Waals surface area (Å²) < 4.78 is 1.96. The van der Waals surface area contributed by atoms with Gasteiger partial charge in [0.15, 0.2) is 0 Å². The third-order valence-electron chi connectivity index (χ3n) is 2.36. The van der Waals surface area contributed by atoms with Crippen LogP contribution in [-0.4, -0.2) is 21.5 Å². The summed E-state index contributed by atoms with van der Waals surface area (Å²) in [7, 11) is 0. The van der Waals surface area contributed by atoms with Gasteiger partial charge in [0.2, 0.25) is 0 Å². The molecule has 0 radical (unpaired) electrons. The quantitative estimate of drug-likeness (QED) is 0.704. The topological polar surface area (TPSA) is 42.7 Å². The van der Waals surface area contributed by atoms with Crippen molar-refractivity contribution in [2.45, 2.75) is 32.4 Å². The monoisotopic (exact) mass is 166 g/mol. The third kappa shape index (κ3) is 1.22. The Labute approximate surface area is 72.0 Å². The first-order valence-corrected chi connectivity index (χ1v) is 4.53. The van der Waals surface area contributed by atoms with Crippen LogP contribution in [0.5, 0.6) is 0 Å². The van der Waals surface area contributed by atoms with Crippen molar-refractivity contribution in [2.24, 2.45) is 0 Å². The van der Waals surface area contributed by atoms with Crippen LogP contribution in [0.15, 0.2) is 6.20 Å². The highest BCUT2D eigenvalue weighted by atomic mass is 15.4. The van der Waals surface area contributed by atoms with Crippen LogP contribution in [0.4, 0.5) is 0 Å². The van der Waals surface area contributed by atoms with Gasteiger partial charge in [-0.3, -0.25) is 0 Å². The molecular formula is C8H14N4. The minimum Gasteiger partial charge on any atom is -0.309 e. The van der Waals surface area contributed by atoms with Crippen molar-refractivity contribution in [3.63, 3.8) is 0 Å². The van der Waals surface area contributed by atoms with E-state index in [1.54, 1.807) is 0 Å². The molecule has 2 rings (SSSR count). The van der Waals surface area contributed by atoms with Crippen molar-refractivity contribution in [3.8, 4) is 0 Å². The summed E-state index contributed by atoms with van der Waals surface area (Å²) in [5.41, 5.74) is 1.23. The van der Waals surface area contributed by atoms with Crippen molar-refractivity contribution in [3.05, 3.63) is 11.9 Å². The number of aromatic nitrogens is 3. The molecule has 1 saturated heterocycles. The van der Waals surface area contributed by atoms with Gasteiger partial charge in [-0.25, -0.2) is 4.68 Å². The fraction of sp³-hybridized carbons (Fsp3) is 0.750. The summed E-state index contributed by atoms with van der Waals surface area (Å²) in [4.78, 5) is 0. The molecule has 1 aliphatic rings. The highest BCUT2D eigenvalue weighted by molar-refractivity contribution is 5.03. The zero-order valence-electron chi connectivity index (χ0n) is 7.32. The van der Waals surface area contributed by atoms with E-state index in [-0.39, 0.29) is 0 Å². The predicted octanol–water partition coefficient (Wildman–Crippen LogP) is 0.722.